The molecule has 1 aliphatic carbocycles. The van der Waals surface area contributed by atoms with Gasteiger partial charge in [-0.1, -0.05) is 26.2 Å². The first-order valence-electron chi connectivity index (χ1n) is 7.34. The fraction of sp³-hybridized carbons (Fsp3) is 1.00. The van der Waals surface area contributed by atoms with Crippen molar-refractivity contribution < 1.29 is 4.74 Å². The molecule has 1 saturated carbocycles. The van der Waals surface area contributed by atoms with Crippen LogP contribution >= 0.6 is 0 Å². The number of hydrogen-bond acceptors (Lipinski definition) is 3. The van der Waals surface area contributed by atoms with E-state index >= 15 is 0 Å². The molecule has 100 valence electrons. The number of ether oxygens (including phenoxy) is 1. The summed E-state index contributed by atoms with van der Waals surface area (Å²) in [5.74, 6) is 0.956. The van der Waals surface area contributed by atoms with Crippen LogP contribution in [0.4, 0.5) is 0 Å². The zero-order valence-electron chi connectivity index (χ0n) is 11.5. The molecule has 0 aromatic heterocycles. The lowest BCUT2D eigenvalue weighted by Crippen LogP contribution is -2.52. The van der Waals surface area contributed by atoms with Crippen molar-refractivity contribution in [3.63, 3.8) is 0 Å². The highest BCUT2D eigenvalue weighted by atomic mass is 16.5. The Morgan fingerprint density at radius 1 is 1.41 bits per heavy atom. The van der Waals surface area contributed by atoms with Crippen LogP contribution in [0.15, 0.2) is 0 Å². The van der Waals surface area contributed by atoms with Crippen LogP contribution in [-0.4, -0.2) is 50.3 Å². The molecule has 2 rings (SSSR count). The number of likely N-dealkylation sites (N-methyl/N-ethyl adjacent to an activating group) is 1. The van der Waals surface area contributed by atoms with Crippen LogP contribution in [0.1, 0.15) is 39.0 Å². The van der Waals surface area contributed by atoms with Crippen molar-refractivity contribution in [2.75, 3.05) is 33.3 Å². The van der Waals surface area contributed by atoms with Gasteiger partial charge in [0.05, 0.1) is 12.7 Å². The summed E-state index contributed by atoms with van der Waals surface area (Å²) in [6, 6.07) is 0.556. The third-order valence-corrected chi connectivity index (χ3v) is 4.35. The van der Waals surface area contributed by atoms with E-state index in [1.165, 1.54) is 38.6 Å². The minimum atomic E-state index is 0.404. The maximum absolute atomic E-state index is 5.97. The molecule has 2 unspecified atom stereocenters. The van der Waals surface area contributed by atoms with Gasteiger partial charge < -0.3 is 10.1 Å². The molecular weight excluding hydrogens is 212 g/mol. The molecule has 0 radical (unpaired) electrons. The van der Waals surface area contributed by atoms with Crippen LogP contribution in [0.25, 0.3) is 0 Å². The molecule has 0 aromatic rings. The summed E-state index contributed by atoms with van der Waals surface area (Å²) in [5, 5.41) is 3.48. The molecule has 0 spiro atoms. The van der Waals surface area contributed by atoms with E-state index in [1.807, 2.05) is 0 Å². The molecule has 1 saturated heterocycles. The van der Waals surface area contributed by atoms with E-state index in [4.69, 9.17) is 4.74 Å². The van der Waals surface area contributed by atoms with Gasteiger partial charge in [0.25, 0.3) is 0 Å². The van der Waals surface area contributed by atoms with Gasteiger partial charge in [-0.2, -0.15) is 0 Å². The fourth-order valence-corrected chi connectivity index (χ4v) is 3.04. The monoisotopic (exact) mass is 240 g/mol. The summed E-state index contributed by atoms with van der Waals surface area (Å²) < 4.78 is 5.97. The second-order valence-electron chi connectivity index (χ2n) is 5.64. The van der Waals surface area contributed by atoms with Crippen molar-refractivity contribution in [1.82, 2.24) is 10.2 Å². The quantitative estimate of drug-likeness (QED) is 0.767. The highest BCUT2D eigenvalue weighted by molar-refractivity contribution is 4.86. The fourth-order valence-electron chi connectivity index (χ4n) is 3.04. The Balaban J connectivity index is 1.80. The van der Waals surface area contributed by atoms with Gasteiger partial charge in [-0.3, -0.25) is 4.90 Å². The first kappa shape index (κ1) is 13.3. The second-order valence-corrected chi connectivity index (χ2v) is 5.64. The van der Waals surface area contributed by atoms with E-state index in [0.29, 0.717) is 12.1 Å². The Labute approximate surface area is 106 Å². The van der Waals surface area contributed by atoms with E-state index < -0.39 is 0 Å². The predicted molar refractivity (Wildman–Crippen MR) is 71.3 cm³/mol. The largest absolute Gasteiger partial charge is 0.374 e. The summed E-state index contributed by atoms with van der Waals surface area (Å²) in [7, 11) is 2.09. The molecule has 0 amide bonds. The number of nitrogens with one attached hydrogen (secondary N) is 1. The summed E-state index contributed by atoms with van der Waals surface area (Å²) in [4.78, 5) is 2.55. The van der Waals surface area contributed by atoms with Crippen molar-refractivity contribution in [3.8, 4) is 0 Å². The maximum Gasteiger partial charge on any atom is 0.0855 e. The number of nitrogens with zero attached hydrogens (tertiary/aromatic N) is 1. The Morgan fingerprint density at radius 2 is 2.24 bits per heavy atom. The molecule has 0 aromatic carbocycles. The van der Waals surface area contributed by atoms with Crippen molar-refractivity contribution in [2.24, 2.45) is 5.92 Å². The Hall–Kier alpha value is -0.120. The van der Waals surface area contributed by atoms with E-state index in [2.05, 4.69) is 24.2 Å². The van der Waals surface area contributed by atoms with E-state index in [9.17, 15) is 0 Å². The molecule has 2 aliphatic rings. The third kappa shape index (κ3) is 3.67. The zero-order valence-corrected chi connectivity index (χ0v) is 11.5. The summed E-state index contributed by atoms with van der Waals surface area (Å²) in [5.41, 5.74) is 0. The number of morpholine rings is 1. The molecule has 2 fully saturated rings. The van der Waals surface area contributed by atoms with Crippen LogP contribution in [0.5, 0.6) is 0 Å². The van der Waals surface area contributed by atoms with Crippen LogP contribution < -0.4 is 5.32 Å². The minimum Gasteiger partial charge on any atom is -0.374 e. The third-order valence-electron chi connectivity index (χ3n) is 4.35. The topological polar surface area (TPSA) is 24.5 Å². The van der Waals surface area contributed by atoms with Gasteiger partial charge in [0.1, 0.15) is 0 Å². The van der Waals surface area contributed by atoms with Crippen molar-refractivity contribution >= 4 is 0 Å². The number of hydrogen-bond donors (Lipinski definition) is 1. The van der Waals surface area contributed by atoms with Gasteiger partial charge in [-0.25, -0.2) is 0 Å². The average molecular weight is 240 g/mol. The van der Waals surface area contributed by atoms with Gasteiger partial charge in [0, 0.05) is 19.1 Å². The first-order chi connectivity index (χ1) is 8.33. The Bertz CT molecular complexity index is 216. The van der Waals surface area contributed by atoms with Gasteiger partial charge in [-0.15, -0.1) is 0 Å². The molecule has 3 heteroatoms. The molecule has 2 atom stereocenters. The lowest BCUT2D eigenvalue weighted by Gasteiger charge is -2.39. The molecular formula is C14H28N2O. The zero-order chi connectivity index (χ0) is 12.1. The molecule has 1 heterocycles. The summed E-state index contributed by atoms with van der Waals surface area (Å²) in [6.07, 6.45) is 7.27. The molecule has 1 N–H and O–H groups in total. The Morgan fingerprint density at radius 3 is 2.82 bits per heavy atom. The standard InChI is InChI=1S/C14H28N2O/c1-3-7-16-8-9-17-14(11-16)13(15-2)10-12-5-4-6-12/h12-15H,3-11H2,1-2H3. The lowest BCUT2D eigenvalue weighted by atomic mass is 9.80. The smallest absolute Gasteiger partial charge is 0.0855 e. The number of rotatable bonds is 6. The summed E-state index contributed by atoms with van der Waals surface area (Å²) >= 11 is 0. The SMILES string of the molecule is CCCN1CCOC(C(CC2CCC2)NC)C1. The molecule has 0 bridgehead atoms. The van der Waals surface area contributed by atoms with E-state index in [-0.39, 0.29) is 0 Å². The predicted octanol–water partition coefficient (Wildman–Crippen LogP) is 1.88. The average Bonchev–Trinajstić information content (AvgIpc) is 2.29. The van der Waals surface area contributed by atoms with E-state index in [1.54, 1.807) is 0 Å². The van der Waals surface area contributed by atoms with Crippen molar-refractivity contribution in [2.45, 2.75) is 51.2 Å². The van der Waals surface area contributed by atoms with Crippen molar-refractivity contribution in [3.05, 3.63) is 0 Å². The molecule has 1 aliphatic heterocycles. The second kappa shape index (κ2) is 6.72. The van der Waals surface area contributed by atoms with Crippen LogP contribution in [0.3, 0.4) is 0 Å². The van der Waals surface area contributed by atoms with Gasteiger partial charge in [0.2, 0.25) is 0 Å². The molecule has 17 heavy (non-hydrogen) atoms. The van der Waals surface area contributed by atoms with Gasteiger partial charge in [-0.05, 0) is 32.4 Å². The van der Waals surface area contributed by atoms with Crippen LogP contribution in [-0.2, 0) is 4.74 Å². The lowest BCUT2D eigenvalue weighted by molar-refractivity contribution is -0.0504. The minimum absolute atomic E-state index is 0.404. The van der Waals surface area contributed by atoms with Crippen LogP contribution in [0.2, 0.25) is 0 Å². The van der Waals surface area contributed by atoms with Crippen LogP contribution in [0, 0.1) is 5.92 Å². The van der Waals surface area contributed by atoms with Gasteiger partial charge in [0.15, 0.2) is 0 Å². The molecule has 3 nitrogen and oxygen atoms in total. The summed E-state index contributed by atoms with van der Waals surface area (Å²) in [6.45, 7) is 6.62. The maximum atomic E-state index is 5.97. The highest BCUT2D eigenvalue weighted by Gasteiger charge is 2.30. The first-order valence-corrected chi connectivity index (χ1v) is 7.34. The normalized spacial score (nSPS) is 28.9. The van der Waals surface area contributed by atoms with E-state index in [0.717, 1.165) is 25.6 Å². The highest BCUT2D eigenvalue weighted by Crippen LogP contribution is 2.31. The Kier molecular flexibility index (Phi) is 5.26. The van der Waals surface area contributed by atoms with Gasteiger partial charge >= 0.3 is 0 Å². The van der Waals surface area contributed by atoms with Crippen molar-refractivity contribution in [1.29, 1.82) is 0 Å².